The zero-order valence-electron chi connectivity index (χ0n) is 10.2. The maximum absolute atomic E-state index is 8.96. The van der Waals surface area contributed by atoms with E-state index in [4.69, 9.17) is 10.5 Å². The lowest BCUT2D eigenvalue weighted by Gasteiger charge is -2.27. The maximum Gasteiger partial charge on any atom is 0.169 e. The van der Waals surface area contributed by atoms with E-state index in [0.29, 0.717) is 5.82 Å². The molecular formula is C14H14N4. The lowest BCUT2D eigenvalue weighted by atomic mass is 10.1. The summed E-state index contributed by atoms with van der Waals surface area (Å²) in [6.45, 7) is 3.65. The molecule has 90 valence electrons. The zero-order chi connectivity index (χ0) is 13.0. The Morgan fingerprint density at radius 2 is 1.94 bits per heavy atom. The predicted octanol–water partition coefficient (Wildman–Crippen LogP) is 1.91. The van der Waals surface area contributed by atoms with Crippen LogP contribution in [-0.2, 0) is 0 Å². The van der Waals surface area contributed by atoms with Gasteiger partial charge in [0.25, 0.3) is 0 Å². The standard InChI is InChI=1S/C14H14N4/c1-11(12-5-3-2-4-6-12)18-8-7-17-14(18)13(9-15)10-16/h2-6,11,17H,7-8H2,1H3/t11-/m0/s1. The van der Waals surface area contributed by atoms with Crippen molar-refractivity contribution in [1.29, 1.82) is 10.5 Å². The third-order valence-electron chi connectivity index (χ3n) is 3.14. The van der Waals surface area contributed by atoms with E-state index in [1.54, 1.807) is 0 Å². The van der Waals surface area contributed by atoms with Crippen molar-refractivity contribution in [2.24, 2.45) is 0 Å². The molecule has 4 nitrogen and oxygen atoms in total. The molecule has 18 heavy (non-hydrogen) atoms. The summed E-state index contributed by atoms with van der Waals surface area (Å²) >= 11 is 0. The first-order valence-corrected chi connectivity index (χ1v) is 5.88. The topological polar surface area (TPSA) is 62.9 Å². The zero-order valence-corrected chi connectivity index (χ0v) is 10.2. The molecule has 2 rings (SSSR count). The number of allylic oxidation sites excluding steroid dienone is 1. The lowest BCUT2D eigenvalue weighted by Crippen LogP contribution is -2.25. The lowest BCUT2D eigenvalue weighted by molar-refractivity contribution is 0.310. The Bertz CT molecular complexity index is 517. The minimum Gasteiger partial charge on any atom is -0.368 e. The third-order valence-corrected chi connectivity index (χ3v) is 3.14. The number of benzene rings is 1. The second kappa shape index (κ2) is 5.25. The molecule has 0 radical (unpaired) electrons. The van der Waals surface area contributed by atoms with Crippen LogP contribution < -0.4 is 5.32 Å². The molecule has 1 fully saturated rings. The van der Waals surface area contributed by atoms with E-state index in [1.165, 1.54) is 5.56 Å². The normalized spacial score (nSPS) is 15.5. The highest BCUT2D eigenvalue weighted by atomic mass is 15.3. The van der Waals surface area contributed by atoms with E-state index in [1.807, 2.05) is 30.3 Å². The number of nitrogens with zero attached hydrogens (tertiary/aromatic N) is 3. The average Bonchev–Trinajstić information content (AvgIpc) is 2.90. The predicted molar refractivity (Wildman–Crippen MR) is 67.8 cm³/mol. The monoisotopic (exact) mass is 238 g/mol. The Kier molecular flexibility index (Phi) is 3.50. The van der Waals surface area contributed by atoms with Crippen molar-refractivity contribution in [3.05, 3.63) is 47.3 Å². The van der Waals surface area contributed by atoms with Gasteiger partial charge in [0.15, 0.2) is 5.57 Å². The van der Waals surface area contributed by atoms with Crippen LogP contribution in [0.5, 0.6) is 0 Å². The van der Waals surface area contributed by atoms with Crippen LogP contribution in [0.15, 0.2) is 41.7 Å². The van der Waals surface area contributed by atoms with Gasteiger partial charge in [0, 0.05) is 13.1 Å². The second-order valence-corrected chi connectivity index (χ2v) is 4.15. The molecule has 1 atom stereocenters. The van der Waals surface area contributed by atoms with Crippen molar-refractivity contribution in [2.75, 3.05) is 13.1 Å². The molecule has 1 aromatic carbocycles. The maximum atomic E-state index is 8.96. The van der Waals surface area contributed by atoms with Gasteiger partial charge in [0.1, 0.15) is 18.0 Å². The molecule has 0 unspecified atom stereocenters. The molecule has 1 aliphatic heterocycles. The fourth-order valence-electron chi connectivity index (χ4n) is 2.17. The molecule has 1 aromatic rings. The van der Waals surface area contributed by atoms with Crippen LogP contribution in [0.2, 0.25) is 0 Å². The van der Waals surface area contributed by atoms with Crippen molar-refractivity contribution >= 4 is 0 Å². The summed E-state index contributed by atoms with van der Waals surface area (Å²) in [7, 11) is 0. The first-order valence-electron chi connectivity index (χ1n) is 5.88. The van der Waals surface area contributed by atoms with Gasteiger partial charge in [-0.25, -0.2) is 0 Å². The first-order chi connectivity index (χ1) is 8.77. The quantitative estimate of drug-likeness (QED) is 0.799. The number of hydrogen-bond acceptors (Lipinski definition) is 4. The number of nitriles is 2. The Morgan fingerprint density at radius 1 is 1.28 bits per heavy atom. The highest BCUT2D eigenvalue weighted by Crippen LogP contribution is 2.26. The van der Waals surface area contributed by atoms with Crippen LogP contribution in [-0.4, -0.2) is 18.0 Å². The highest BCUT2D eigenvalue weighted by molar-refractivity contribution is 5.40. The van der Waals surface area contributed by atoms with Crippen LogP contribution >= 0.6 is 0 Å². The summed E-state index contributed by atoms with van der Waals surface area (Å²) in [5.74, 6) is 0.649. The highest BCUT2D eigenvalue weighted by Gasteiger charge is 2.25. The number of rotatable bonds is 2. The van der Waals surface area contributed by atoms with E-state index in [2.05, 4.69) is 29.3 Å². The molecule has 0 amide bonds. The minimum atomic E-state index is 0.146. The van der Waals surface area contributed by atoms with E-state index in [9.17, 15) is 0 Å². The average molecular weight is 238 g/mol. The van der Waals surface area contributed by atoms with Crippen LogP contribution in [0.1, 0.15) is 18.5 Å². The van der Waals surface area contributed by atoms with Gasteiger partial charge in [-0.2, -0.15) is 10.5 Å². The van der Waals surface area contributed by atoms with Gasteiger partial charge < -0.3 is 10.2 Å². The van der Waals surface area contributed by atoms with Crippen molar-refractivity contribution in [3.8, 4) is 12.1 Å². The number of nitrogens with one attached hydrogen (secondary N) is 1. The van der Waals surface area contributed by atoms with Crippen LogP contribution in [0.25, 0.3) is 0 Å². The van der Waals surface area contributed by atoms with E-state index in [-0.39, 0.29) is 11.6 Å². The Morgan fingerprint density at radius 3 is 2.56 bits per heavy atom. The molecule has 1 aliphatic rings. The Labute approximate surface area is 107 Å². The fourth-order valence-corrected chi connectivity index (χ4v) is 2.17. The summed E-state index contributed by atoms with van der Waals surface area (Å²) in [6.07, 6.45) is 0. The van der Waals surface area contributed by atoms with Gasteiger partial charge in [-0.05, 0) is 12.5 Å². The second-order valence-electron chi connectivity index (χ2n) is 4.15. The van der Waals surface area contributed by atoms with Gasteiger partial charge in [-0.1, -0.05) is 30.3 Å². The smallest absolute Gasteiger partial charge is 0.169 e. The largest absolute Gasteiger partial charge is 0.368 e. The molecule has 0 bridgehead atoms. The van der Waals surface area contributed by atoms with Crippen LogP contribution in [0, 0.1) is 22.7 Å². The van der Waals surface area contributed by atoms with Crippen molar-refractivity contribution < 1.29 is 0 Å². The van der Waals surface area contributed by atoms with Crippen LogP contribution in [0.3, 0.4) is 0 Å². The van der Waals surface area contributed by atoms with Gasteiger partial charge in [-0.3, -0.25) is 0 Å². The minimum absolute atomic E-state index is 0.146. The van der Waals surface area contributed by atoms with Gasteiger partial charge in [-0.15, -0.1) is 0 Å². The van der Waals surface area contributed by atoms with E-state index < -0.39 is 0 Å². The molecule has 1 N–H and O–H groups in total. The molecule has 0 spiro atoms. The third kappa shape index (κ3) is 2.14. The first kappa shape index (κ1) is 12.0. The summed E-state index contributed by atoms with van der Waals surface area (Å²) in [4.78, 5) is 2.07. The molecule has 1 saturated heterocycles. The summed E-state index contributed by atoms with van der Waals surface area (Å²) in [5, 5.41) is 21.0. The molecule has 0 saturated carbocycles. The molecular weight excluding hydrogens is 224 g/mol. The molecule has 4 heteroatoms. The fraction of sp³-hybridized carbons (Fsp3) is 0.286. The van der Waals surface area contributed by atoms with Crippen molar-refractivity contribution in [1.82, 2.24) is 10.2 Å². The SMILES string of the molecule is C[C@@H](c1ccccc1)N1CCNC1=C(C#N)C#N. The van der Waals surface area contributed by atoms with Crippen molar-refractivity contribution in [2.45, 2.75) is 13.0 Å². The molecule has 0 aliphatic carbocycles. The van der Waals surface area contributed by atoms with Gasteiger partial charge in [0.05, 0.1) is 6.04 Å². The molecule has 1 heterocycles. The van der Waals surface area contributed by atoms with E-state index in [0.717, 1.165) is 13.1 Å². The van der Waals surface area contributed by atoms with Crippen LogP contribution in [0.4, 0.5) is 0 Å². The Balaban J connectivity index is 2.32. The summed E-state index contributed by atoms with van der Waals surface area (Å²) < 4.78 is 0. The van der Waals surface area contributed by atoms with Gasteiger partial charge in [0.2, 0.25) is 0 Å². The summed E-state index contributed by atoms with van der Waals surface area (Å²) in [6, 6.07) is 14.1. The summed E-state index contributed by atoms with van der Waals surface area (Å²) in [5.41, 5.74) is 1.32. The van der Waals surface area contributed by atoms with E-state index >= 15 is 0 Å². The Hall–Kier alpha value is -2.46. The number of hydrogen-bond donors (Lipinski definition) is 1. The molecule has 0 aromatic heterocycles. The van der Waals surface area contributed by atoms with Crippen molar-refractivity contribution in [3.63, 3.8) is 0 Å². The van der Waals surface area contributed by atoms with Gasteiger partial charge >= 0.3 is 0 Å².